The van der Waals surface area contributed by atoms with E-state index in [9.17, 15) is 9.59 Å². The number of nitrogens with one attached hydrogen (secondary N) is 1. The van der Waals surface area contributed by atoms with E-state index in [-0.39, 0.29) is 24.4 Å². The highest BCUT2D eigenvalue weighted by atomic mass is 16.5. The number of piperazine rings is 1. The number of rotatable bonds is 4. The molecule has 1 aromatic rings. The first-order valence-corrected chi connectivity index (χ1v) is 7.00. The van der Waals surface area contributed by atoms with Gasteiger partial charge in [0.15, 0.2) is 5.82 Å². The number of carbonyl (C=O) groups excluding carboxylic acids is 2. The van der Waals surface area contributed by atoms with Crippen molar-refractivity contribution in [1.29, 1.82) is 0 Å². The SMILES string of the molecule is CCC1C(=O)NC(C2CC2)C(=O)N1Cc1noc(C)n1. The molecule has 0 radical (unpaired) electrons. The Morgan fingerprint density at radius 2 is 2.15 bits per heavy atom. The van der Waals surface area contributed by atoms with Crippen molar-refractivity contribution in [2.45, 2.75) is 51.7 Å². The van der Waals surface area contributed by atoms with Crippen molar-refractivity contribution < 1.29 is 14.1 Å². The molecule has 2 heterocycles. The van der Waals surface area contributed by atoms with Crippen LogP contribution in [-0.4, -0.2) is 38.9 Å². The molecule has 7 nitrogen and oxygen atoms in total. The van der Waals surface area contributed by atoms with Gasteiger partial charge in [-0.25, -0.2) is 0 Å². The molecule has 1 saturated heterocycles. The van der Waals surface area contributed by atoms with Crippen molar-refractivity contribution in [3.05, 3.63) is 11.7 Å². The lowest BCUT2D eigenvalue weighted by molar-refractivity contribution is -0.151. The molecule has 7 heteroatoms. The van der Waals surface area contributed by atoms with Gasteiger partial charge in [-0.1, -0.05) is 12.1 Å². The summed E-state index contributed by atoms with van der Waals surface area (Å²) in [6.07, 6.45) is 2.58. The zero-order chi connectivity index (χ0) is 14.3. The fraction of sp³-hybridized carbons (Fsp3) is 0.692. The van der Waals surface area contributed by atoms with E-state index < -0.39 is 6.04 Å². The Morgan fingerprint density at radius 1 is 1.40 bits per heavy atom. The maximum Gasteiger partial charge on any atom is 0.246 e. The van der Waals surface area contributed by atoms with E-state index >= 15 is 0 Å². The highest BCUT2D eigenvalue weighted by Gasteiger charge is 2.46. The summed E-state index contributed by atoms with van der Waals surface area (Å²) in [5.74, 6) is 1.09. The third-order valence-corrected chi connectivity index (χ3v) is 3.89. The summed E-state index contributed by atoms with van der Waals surface area (Å²) in [5, 5.41) is 6.67. The Labute approximate surface area is 116 Å². The molecule has 1 aromatic heterocycles. The first kappa shape index (κ1) is 13.1. The molecule has 1 saturated carbocycles. The summed E-state index contributed by atoms with van der Waals surface area (Å²) in [5.41, 5.74) is 0. The molecular weight excluding hydrogens is 260 g/mol. The molecule has 3 rings (SSSR count). The van der Waals surface area contributed by atoms with Crippen LogP contribution in [0.5, 0.6) is 0 Å². The monoisotopic (exact) mass is 278 g/mol. The minimum Gasteiger partial charge on any atom is -0.342 e. The van der Waals surface area contributed by atoms with Crippen LogP contribution in [0.15, 0.2) is 4.52 Å². The van der Waals surface area contributed by atoms with Gasteiger partial charge >= 0.3 is 0 Å². The molecule has 0 aromatic carbocycles. The van der Waals surface area contributed by atoms with Gasteiger partial charge in [-0.05, 0) is 25.2 Å². The van der Waals surface area contributed by atoms with E-state index in [1.165, 1.54) is 0 Å². The van der Waals surface area contributed by atoms with Crippen molar-refractivity contribution >= 4 is 11.8 Å². The highest BCUT2D eigenvalue weighted by Crippen LogP contribution is 2.35. The smallest absolute Gasteiger partial charge is 0.246 e. The van der Waals surface area contributed by atoms with Gasteiger partial charge < -0.3 is 14.7 Å². The van der Waals surface area contributed by atoms with E-state index in [0.717, 1.165) is 12.8 Å². The van der Waals surface area contributed by atoms with Crippen LogP contribution >= 0.6 is 0 Å². The summed E-state index contributed by atoms with van der Waals surface area (Å²) in [7, 11) is 0. The molecule has 20 heavy (non-hydrogen) atoms. The standard InChI is InChI=1S/C13H18N4O3/c1-3-9-12(18)15-11(8-4-5-8)13(19)17(9)6-10-14-7(2)20-16-10/h8-9,11H,3-6H2,1-2H3,(H,15,18). The molecule has 1 aliphatic heterocycles. The number of hydrogen-bond donors (Lipinski definition) is 1. The first-order valence-electron chi connectivity index (χ1n) is 7.00. The van der Waals surface area contributed by atoms with Crippen LogP contribution < -0.4 is 5.32 Å². The van der Waals surface area contributed by atoms with Crippen LogP contribution in [-0.2, 0) is 16.1 Å². The van der Waals surface area contributed by atoms with E-state index in [0.29, 0.717) is 24.1 Å². The average molecular weight is 278 g/mol. The maximum absolute atomic E-state index is 12.6. The Balaban J connectivity index is 1.82. The van der Waals surface area contributed by atoms with E-state index in [2.05, 4.69) is 15.5 Å². The number of hydrogen-bond acceptors (Lipinski definition) is 5. The topological polar surface area (TPSA) is 88.3 Å². The lowest BCUT2D eigenvalue weighted by atomic mass is 10.0. The van der Waals surface area contributed by atoms with Crippen LogP contribution in [0.3, 0.4) is 0 Å². The fourth-order valence-electron chi connectivity index (χ4n) is 2.69. The van der Waals surface area contributed by atoms with E-state index in [1.54, 1.807) is 11.8 Å². The van der Waals surface area contributed by atoms with Crippen molar-refractivity contribution in [3.8, 4) is 0 Å². The summed E-state index contributed by atoms with van der Waals surface area (Å²) in [6.45, 7) is 3.82. The van der Waals surface area contributed by atoms with Gasteiger partial charge in [0.25, 0.3) is 0 Å². The Bertz CT molecular complexity index is 537. The molecule has 2 fully saturated rings. The molecule has 1 aliphatic carbocycles. The zero-order valence-electron chi connectivity index (χ0n) is 11.6. The van der Waals surface area contributed by atoms with Crippen LogP contribution in [0, 0.1) is 12.8 Å². The quantitative estimate of drug-likeness (QED) is 0.861. The molecule has 0 bridgehead atoms. The van der Waals surface area contributed by atoms with Crippen molar-refractivity contribution in [2.75, 3.05) is 0 Å². The lowest BCUT2D eigenvalue weighted by Gasteiger charge is -2.38. The van der Waals surface area contributed by atoms with Crippen LogP contribution in [0.2, 0.25) is 0 Å². The van der Waals surface area contributed by atoms with Crippen LogP contribution in [0.4, 0.5) is 0 Å². The third-order valence-electron chi connectivity index (χ3n) is 3.89. The van der Waals surface area contributed by atoms with Gasteiger partial charge in [0.1, 0.15) is 12.1 Å². The van der Waals surface area contributed by atoms with Gasteiger partial charge in [-0.3, -0.25) is 9.59 Å². The first-order chi connectivity index (χ1) is 9.60. The summed E-state index contributed by atoms with van der Waals surface area (Å²) in [4.78, 5) is 30.4. The summed E-state index contributed by atoms with van der Waals surface area (Å²) in [6, 6.07) is -0.824. The predicted molar refractivity (Wildman–Crippen MR) is 68.3 cm³/mol. The number of amides is 2. The van der Waals surface area contributed by atoms with Crippen molar-refractivity contribution in [2.24, 2.45) is 5.92 Å². The highest BCUT2D eigenvalue weighted by molar-refractivity contribution is 5.97. The molecule has 2 unspecified atom stereocenters. The van der Waals surface area contributed by atoms with Gasteiger partial charge in [0.05, 0.1) is 6.54 Å². The number of nitrogens with zero attached hydrogens (tertiary/aromatic N) is 3. The lowest BCUT2D eigenvalue weighted by Crippen LogP contribution is -2.63. The van der Waals surface area contributed by atoms with Crippen molar-refractivity contribution in [1.82, 2.24) is 20.4 Å². The molecule has 2 atom stereocenters. The molecule has 2 aliphatic rings. The van der Waals surface area contributed by atoms with Crippen LogP contribution in [0.25, 0.3) is 0 Å². The second-order valence-electron chi connectivity index (χ2n) is 5.44. The minimum absolute atomic E-state index is 0.0265. The number of carbonyl (C=O) groups is 2. The maximum atomic E-state index is 12.6. The van der Waals surface area contributed by atoms with Crippen LogP contribution in [0.1, 0.15) is 37.9 Å². The third kappa shape index (κ3) is 2.28. The van der Waals surface area contributed by atoms with Gasteiger partial charge in [-0.15, -0.1) is 0 Å². The second-order valence-corrected chi connectivity index (χ2v) is 5.44. The Hall–Kier alpha value is -1.92. The molecule has 1 N–H and O–H groups in total. The Morgan fingerprint density at radius 3 is 2.70 bits per heavy atom. The number of aryl methyl sites for hydroxylation is 1. The molecule has 108 valence electrons. The molecular formula is C13H18N4O3. The fourth-order valence-corrected chi connectivity index (χ4v) is 2.69. The largest absolute Gasteiger partial charge is 0.342 e. The van der Waals surface area contributed by atoms with Gasteiger partial charge in [-0.2, -0.15) is 4.98 Å². The predicted octanol–water partition coefficient (Wildman–Crippen LogP) is 0.394. The van der Waals surface area contributed by atoms with E-state index in [1.807, 2.05) is 6.92 Å². The molecule has 0 spiro atoms. The summed E-state index contributed by atoms with van der Waals surface area (Å²) >= 11 is 0. The Kier molecular flexibility index (Phi) is 3.19. The second kappa shape index (κ2) is 4.88. The number of aromatic nitrogens is 2. The minimum atomic E-state index is -0.448. The normalized spacial score (nSPS) is 26.8. The van der Waals surface area contributed by atoms with Gasteiger partial charge in [0, 0.05) is 6.92 Å². The van der Waals surface area contributed by atoms with E-state index in [4.69, 9.17) is 4.52 Å². The molecule has 2 amide bonds. The average Bonchev–Trinajstić information content (AvgIpc) is 3.17. The van der Waals surface area contributed by atoms with Gasteiger partial charge in [0.2, 0.25) is 17.7 Å². The van der Waals surface area contributed by atoms with Crippen molar-refractivity contribution in [3.63, 3.8) is 0 Å². The summed E-state index contributed by atoms with van der Waals surface area (Å²) < 4.78 is 4.92. The zero-order valence-corrected chi connectivity index (χ0v) is 11.6.